The van der Waals surface area contributed by atoms with Gasteiger partial charge in [0.1, 0.15) is 0 Å². The minimum atomic E-state index is 0.737. The molecule has 0 aliphatic rings. The number of benzene rings is 2. The second-order valence-electron chi connectivity index (χ2n) is 3.98. The summed E-state index contributed by atoms with van der Waals surface area (Å²) in [6.07, 6.45) is 0. The normalized spacial score (nSPS) is 10.6. The molecular weight excluding hydrogens is 333 g/mol. The topological polar surface area (TPSA) is 12.0 Å². The zero-order valence-electron chi connectivity index (χ0n) is 9.59. The molecule has 0 amide bonds. The van der Waals surface area contributed by atoms with Crippen LogP contribution in [-0.2, 0) is 13.1 Å². The molecule has 1 N–H and O–H groups in total. The molecule has 2 aromatic carbocycles. The number of halogens is 3. The molecule has 0 aromatic heterocycles. The summed E-state index contributed by atoms with van der Waals surface area (Å²) in [6, 6.07) is 13.8. The Morgan fingerprint density at radius 3 is 2.17 bits per heavy atom. The van der Waals surface area contributed by atoms with E-state index in [4.69, 9.17) is 23.2 Å². The van der Waals surface area contributed by atoms with Crippen molar-refractivity contribution in [1.29, 1.82) is 0 Å². The van der Waals surface area contributed by atoms with Crippen LogP contribution in [0.25, 0.3) is 0 Å². The average Bonchev–Trinajstić information content (AvgIpc) is 2.36. The van der Waals surface area contributed by atoms with Crippen LogP contribution in [0.4, 0.5) is 0 Å². The first kappa shape index (κ1) is 13.9. The van der Waals surface area contributed by atoms with Crippen molar-refractivity contribution in [1.82, 2.24) is 5.32 Å². The maximum atomic E-state index is 6.04. The lowest BCUT2D eigenvalue weighted by Gasteiger charge is -2.06. The molecule has 18 heavy (non-hydrogen) atoms. The van der Waals surface area contributed by atoms with Gasteiger partial charge in [0.25, 0.3) is 0 Å². The van der Waals surface area contributed by atoms with Crippen LogP contribution in [0.2, 0.25) is 10.0 Å². The van der Waals surface area contributed by atoms with Gasteiger partial charge in [-0.2, -0.15) is 0 Å². The van der Waals surface area contributed by atoms with Crippen molar-refractivity contribution in [2.24, 2.45) is 0 Å². The van der Waals surface area contributed by atoms with Gasteiger partial charge in [-0.05, 0) is 51.3 Å². The van der Waals surface area contributed by atoms with E-state index in [2.05, 4.69) is 21.2 Å². The highest BCUT2D eigenvalue weighted by atomic mass is 79.9. The summed E-state index contributed by atoms with van der Waals surface area (Å²) in [4.78, 5) is 0. The van der Waals surface area contributed by atoms with Gasteiger partial charge in [0.05, 0.1) is 5.02 Å². The Morgan fingerprint density at radius 1 is 0.889 bits per heavy atom. The van der Waals surface area contributed by atoms with Gasteiger partial charge >= 0.3 is 0 Å². The van der Waals surface area contributed by atoms with Crippen molar-refractivity contribution in [3.05, 3.63) is 68.1 Å². The molecule has 94 valence electrons. The summed E-state index contributed by atoms with van der Waals surface area (Å²) in [5.74, 6) is 0. The van der Waals surface area contributed by atoms with Gasteiger partial charge in [0.2, 0.25) is 0 Å². The van der Waals surface area contributed by atoms with E-state index < -0.39 is 0 Å². The zero-order chi connectivity index (χ0) is 13.0. The molecule has 0 saturated heterocycles. The predicted octanol–water partition coefficient (Wildman–Crippen LogP) is 5.05. The van der Waals surface area contributed by atoms with E-state index in [9.17, 15) is 0 Å². The van der Waals surface area contributed by atoms with Crippen LogP contribution in [0, 0.1) is 0 Å². The first-order valence-electron chi connectivity index (χ1n) is 5.54. The van der Waals surface area contributed by atoms with Gasteiger partial charge in [0.15, 0.2) is 0 Å². The number of hydrogen-bond acceptors (Lipinski definition) is 1. The van der Waals surface area contributed by atoms with Crippen LogP contribution in [0.1, 0.15) is 11.1 Å². The fraction of sp³-hybridized carbons (Fsp3) is 0.143. The van der Waals surface area contributed by atoms with E-state index in [1.165, 1.54) is 5.56 Å². The lowest BCUT2D eigenvalue weighted by atomic mass is 10.2. The Morgan fingerprint density at radius 2 is 1.50 bits per heavy atom. The maximum Gasteiger partial charge on any atom is 0.0551 e. The lowest BCUT2D eigenvalue weighted by Crippen LogP contribution is -2.12. The van der Waals surface area contributed by atoms with Crippen LogP contribution in [-0.4, -0.2) is 0 Å². The Bertz CT molecular complexity index is 526. The van der Waals surface area contributed by atoms with Gasteiger partial charge in [-0.25, -0.2) is 0 Å². The average molecular weight is 345 g/mol. The maximum absolute atomic E-state index is 6.04. The fourth-order valence-corrected chi connectivity index (χ4v) is 2.18. The summed E-state index contributed by atoms with van der Waals surface area (Å²) in [6.45, 7) is 1.60. The summed E-state index contributed by atoms with van der Waals surface area (Å²) in [7, 11) is 0. The molecule has 0 fully saturated rings. The van der Waals surface area contributed by atoms with E-state index in [1.807, 2.05) is 42.5 Å². The van der Waals surface area contributed by atoms with Crippen LogP contribution in [0.3, 0.4) is 0 Å². The fourth-order valence-electron chi connectivity index (χ4n) is 1.60. The number of nitrogens with one attached hydrogen (secondary N) is 1. The van der Waals surface area contributed by atoms with Crippen molar-refractivity contribution in [2.75, 3.05) is 0 Å². The molecule has 4 heteroatoms. The second-order valence-corrected chi connectivity index (χ2v) is 5.68. The first-order chi connectivity index (χ1) is 8.65. The minimum absolute atomic E-state index is 0.737. The molecule has 2 rings (SSSR count). The molecule has 0 radical (unpaired) electrons. The standard InChI is InChI=1S/C14H12BrCl2N/c15-13-6-3-11(7-14(13)17)9-18-8-10-1-4-12(16)5-2-10/h1-7,18H,8-9H2. The smallest absolute Gasteiger partial charge is 0.0551 e. The molecule has 0 bridgehead atoms. The van der Waals surface area contributed by atoms with Crippen LogP contribution in [0.15, 0.2) is 46.9 Å². The summed E-state index contributed by atoms with van der Waals surface area (Å²) in [5.41, 5.74) is 2.37. The molecule has 0 atom stereocenters. The van der Waals surface area contributed by atoms with Gasteiger partial charge in [-0.3, -0.25) is 0 Å². The van der Waals surface area contributed by atoms with Gasteiger partial charge in [-0.1, -0.05) is 41.4 Å². The molecule has 0 aliphatic heterocycles. The molecule has 1 nitrogen and oxygen atoms in total. The largest absolute Gasteiger partial charge is 0.309 e. The molecule has 0 saturated carbocycles. The van der Waals surface area contributed by atoms with Gasteiger partial charge in [-0.15, -0.1) is 0 Å². The third-order valence-corrected chi connectivity index (χ3v) is 4.04. The highest BCUT2D eigenvalue weighted by Crippen LogP contribution is 2.23. The Labute approximate surface area is 125 Å². The minimum Gasteiger partial charge on any atom is -0.309 e. The third-order valence-electron chi connectivity index (χ3n) is 2.56. The van der Waals surface area contributed by atoms with E-state index in [0.29, 0.717) is 0 Å². The van der Waals surface area contributed by atoms with Crippen molar-refractivity contribution in [2.45, 2.75) is 13.1 Å². The van der Waals surface area contributed by atoms with Crippen LogP contribution in [0.5, 0.6) is 0 Å². The Hall–Kier alpha value is -0.540. The summed E-state index contributed by atoms with van der Waals surface area (Å²) in [5, 5.41) is 4.87. The number of hydrogen-bond donors (Lipinski definition) is 1. The monoisotopic (exact) mass is 343 g/mol. The van der Waals surface area contributed by atoms with E-state index in [0.717, 1.165) is 33.2 Å². The summed E-state index contributed by atoms with van der Waals surface area (Å²) >= 11 is 15.2. The quantitative estimate of drug-likeness (QED) is 0.818. The molecular formula is C14H12BrCl2N. The van der Waals surface area contributed by atoms with Crippen molar-refractivity contribution >= 4 is 39.1 Å². The molecule has 0 heterocycles. The second kappa shape index (κ2) is 6.58. The van der Waals surface area contributed by atoms with Crippen LogP contribution < -0.4 is 5.32 Å². The first-order valence-corrected chi connectivity index (χ1v) is 7.09. The SMILES string of the molecule is Clc1ccc(CNCc2ccc(Br)c(Cl)c2)cc1. The molecule has 0 spiro atoms. The van der Waals surface area contributed by atoms with Crippen LogP contribution >= 0.6 is 39.1 Å². The Kier molecular flexibility index (Phi) is 5.07. The van der Waals surface area contributed by atoms with E-state index in [-0.39, 0.29) is 0 Å². The predicted molar refractivity (Wildman–Crippen MR) is 81.1 cm³/mol. The van der Waals surface area contributed by atoms with Crippen molar-refractivity contribution in [3.8, 4) is 0 Å². The van der Waals surface area contributed by atoms with Crippen molar-refractivity contribution in [3.63, 3.8) is 0 Å². The van der Waals surface area contributed by atoms with Crippen molar-refractivity contribution < 1.29 is 0 Å². The lowest BCUT2D eigenvalue weighted by molar-refractivity contribution is 0.693. The van der Waals surface area contributed by atoms with E-state index >= 15 is 0 Å². The molecule has 0 unspecified atom stereocenters. The highest BCUT2D eigenvalue weighted by Gasteiger charge is 1.99. The third kappa shape index (κ3) is 3.99. The van der Waals surface area contributed by atoms with Gasteiger partial charge in [0, 0.05) is 22.6 Å². The molecule has 2 aromatic rings. The molecule has 0 aliphatic carbocycles. The van der Waals surface area contributed by atoms with Gasteiger partial charge < -0.3 is 5.32 Å². The number of rotatable bonds is 4. The highest BCUT2D eigenvalue weighted by molar-refractivity contribution is 9.10. The summed E-state index contributed by atoms with van der Waals surface area (Å²) < 4.78 is 0.922. The van der Waals surface area contributed by atoms with E-state index in [1.54, 1.807) is 0 Å². The Balaban J connectivity index is 1.88. The zero-order valence-corrected chi connectivity index (χ0v) is 12.7.